The third-order valence-corrected chi connectivity index (χ3v) is 5.60. The van der Waals surface area contributed by atoms with E-state index in [2.05, 4.69) is 0 Å². The molecule has 0 bridgehead atoms. The maximum Gasteiger partial charge on any atom is 0.170 e. The number of unbranched alkanes of at least 4 members (excludes halogenated alkanes) is 2. The molecule has 9 heteroatoms. The van der Waals surface area contributed by atoms with Crippen LogP contribution in [0, 0.1) is 0 Å². The Hall–Kier alpha value is -2.02. The first-order valence-corrected chi connectivity index (χ1v) is 9.66. The predicted octanol–water partition coefficient (Wildman–Crippen LogP) is 6.43. The number of methoxy groups -OCH3 is 1. The SMILES string of the molecule is CCCCCC(=O)c1c(O)c(Cl)c2oc3c(Cl)c(OC)c(Cl)c(O)c3c2c1O. The van der Waals surface area contributed by atoms with Crippen LogP contribution in [-0.4, -0.2) is 28.2 Å². The molecule has 0 amide bonds. The first kappa shape index (κ1) is 20.7. The number of carbonyl (C=O) groups excluding carboxylic acids is 1. The Bertz CT molecular complexity index is 1100. The number of Topliss-reactive ketones (excluding diaryl/α,β-unsaturated/α-hetero) is 1. The zero-order chi connectivity index (χ0) is 20.7. The van der Waals surface area contributed by atoms with Gasteiger partial charge in [0.15, 0.2) is 28.4 Å². The van der Waals surface area contributed by atoms with Gasteiger partial charge in [-0.3, -0.25) is 4.79 Å². The number of carbonyl (C=O) groups is 1. The van der Waals surface area contributed by atoms with Crippen molar-refractivity contribution in [3.63, 3.8) is 0 Å². The van der Waals surface area contributed by atoms with Crippen LogP contribution in [0.25, 0.3) is 21.9 Å². The van der Waals surface area contributed by atoms with Crippen molar-refractivity contribution in [1.29, 1.82) is 0 Å². The van der Waals surface area contributed by atoms with Crippen LogP contribution in [-0.2, 0) is 0 Å². The Balaban J connectivity index is 2.39. The summed E-state index contributed by atoms with van der Waals surface area (Å²) in [4.78, 5) is 12.6. The summed E-state index contributed by atoms with van der Waals surface area (Å²) in [7, 11) is 1.31. The maximum atomic E-state index is 12.6. The van der Waals surface area contributed by atoms with Gasteiger partial charge in [0.05, 0.1) is 17.9 Å². The molecule has 6 nitrogen and oxygen atoms in total. The third kappa shape index (κ3) is 3.00. The van der Waals surface area contributed by atoms with Gasteiger partial charge >= 0.3 is 0 Å². The lowest BCUT2D eigenvalue weighted by molar-refractivity contribution is 0.0974. The van der Waals surface area contributed by atoms with E-state index in [0.29, 0.717) is 6.42 Å². The lowest BCUT2D eigenvalue weighted by Gasteiger charge is -2.10. The topological polar surface area (TPSA) is 100 Å². The molecule has 3 aromatic rings. The first-order chi connectivity index (χ1) is 13.3. The standard InChI is InChI=1S/C19H17Cl3O6/c1-3-4-5-6-7(23)8-14(24)9-10-16(26)12(21)19(27-2)13(22)18(10)28-17(9)11(20)15(8)25/h24-26H,3-6H2,1-2H3. The number of ketones is 1. The smallest absolute Gasteiger partial charge is 0.170 e. The molecule has 1 aromatic heterocycles. The number of ether oxygens (including phenoxy) is 1. The van der Waals surface area contributed by atoms with E-state index in [1.165, 1.54) is 7.11 Å². The third-order valence-electron chi connectivity index (χ3n) is 4.56. The number of aromatic hydroxyl groups is 3. The van der Waals surface area contributed by atoms with Gasteiger partial charge in [-0.05, 0) is 6.42 Å². The summed E-state index contributed by atoms with van der Waals surface area (Å²) in [6, 6.07) is 0. The number of halogens is 3. The van der Waals surface area contributed by atoms with Gasteiger partial charge in [-0.2, -0.15) is 0 Å². The summed E-state index contributed by atoms with van der Waals surface area (Å²) in [5.41, 5.74) is -0.528. The van der Waals surface area contributed by atoms with Crippen LogP contribution in [0.3, 0.4) is 0 Å². The Kier molecular flexibility index (Phi) is 5.75. The summed E-state index contributed by atoms with van der Waals surface area (Å²) in [5, 5.41) is 31.1. The number of phenols is 3. The van der Waals surface area contributed by atoms with Gasteiger partial charge in [-0.1, -0.05) is 54.6 Å². The second-order valence-electron chi connectivity index (χ2n) is 6.29. The van der Waals surface area contributed by atoms with Crippen molar-refractivity contribution in [3.05, 3.63) is 20.6 Å². The van der Waals surface area contributed by atoms with Crippen molar-refractivity contribution in [2.24, 2.45) is 0 Å². The monoisotopic (exact) mass is 446 g/mol. The van der Waals surface area contributed by atoms with Crippen molar-refractivity contribution >= 4 is 62.5 Å². The van der Waals surface area contributed by atoms with Crippen LogP contribution in [0.4, 0.5) is 0 Å². The molecule has 0 fully saturated rings. The molecule has 0 aliphatic heterocycles. The lowest BCUT2D eigenvalue weighted by Crippen LogP contribution is -2.01. The molecule has 0 radical (unpaired) electrons. The minimum atomic E-state index is -0.596. The first-order valence-electron chi connectivity index (χ1n) is 8.52. The number of hydrogen-bond acceptors (Lipinski definition) is 6. The Morgan fingerprint density at radius 3 is 2.14 bits per heavy atom. The van der Waals surface area contributed by atoms with Crippen LogP contribution in [0.2, 0.25) is 15.1 Å². The van der Waals surface area contributed by atoms with E-state index in [9.17, 15) is 20.1 Å². The maximum absolute atomic E-state index is 12.6. The molecule has 0 saturated carbocycles. The van der Waals surface area contributed by atoms with Crippen LogP contribution >= 0.6 is 34.8 Å². The molecule has 2 aromatic carbocycles. The number of fused-ring (bicyclic) bond motifs is 3. The van der Waals surface area contributed by atoms with Crippen molar-refractivity contribution < 1.29 is 29.3 Å². The molecule has 0 atom stereocenters. The fraction of sp³-hybridized carbons (Fsp3) is 0.316. The van der Waals surface area contributed by atoms with E-state index in [-0.39, 0.29) is 54.7 Å². The van der Waals surface area contributed by atoms with E-state index in [1.807, 2.05) is 6.92 Å². The van der Waals surface area contributed by atoms with Crippen molar-refractivity contribution in [2.75, 3.05) is 7.11 Å². The normalized spacial score (nSPS) is 11.5. The van der Waals surface area contributed by atoms with Crippen molar-refractivity contribution in [2.45, 2.75) is 32.6 Å². The molecule has 0 aliphatic rings. The molecule has 3 N–H and O–H groups in total. The Labute approximate surface area is 175 Å². The van der Waals surface area contributed by atoms with Gasteiger partial charge in [-0.25, -0.2) is 0 Å². The second kappa shape index (κ2) is 7.78. The van der Waals surface area contributed by atoms with E-state index < -0.39 is 23.0 Å². The highest BCUT2D eigenvalue weighted by molar-refractivity contribution is 6.44. The lowest BCUT2D eigenvalue weighted by atomic mass is 9.99. The van der Waals surface area contributed by atoms with Gasteiger partial charge in [0.25, 0.3) is 0 Å². The van der Waals surface area contributed by atoms with Gasteiger partial charge in [0, 0.05) is 6.42 Å². The summed E-state index contributed by atoms with van der Waals surface area (Å²) >= 11 is 18.6. The Morgan fingerprint density at radius 1 is 0.929 bits per heavy atom. The van der Waals surface area contributed by atoms with E-state index >= 15 is 0 Å². The Morgan fingerprint density at radius 2 is 1.54 bits per heavy atom. The van der Waals surface area contributed by atoms with Crippen LogP contribution in [0.15, 0.2) is 4.42 Å². The fourth-order valence-corrected chi connectivity index (χ4v) is 4.01. The zero-order valence-corrected chi connectivity index (χ0v) is 17.3. The minimum absolute atomic E-state index is 0.0249. The molecule has 0 spiro atoms. The molecule has 28 heavy (non-hydrogen) atoms. The highest BCUT2D eigenvalue weighted by Gasteiger charge is 2.31. The van der Waals surface area contributed by atoms with Gasteiger partial charge < -0.3 is 24.5 Å². The summed E-state index contributed by atoms with van der Waals surface area (Å²) in [6.07, 6.45) is 2.44. The van der Waals surface area contributed by atoms with Gasteiger partial charge in [0.2, 0.25) is 0 Å². The molecular formula is C19H17Cl3O6. The quantitative estimate of drug-likeness (QED) is 0.297. The van der Waals surface area contributed by atoms with Crippen molar-refractivity contribution in [1.82, 2.24) is 0 Å². The number of hydrogen-bond donors (Lipinski definition) is 3. The minimum Gasteiger partial charge on any atom is -0.506 e. The summed E-state index contributed by atoms with van der Waals surface area (Å²) in [6.45, 7) is 1.99. The van der Waals surface area contributed by atoms with Crippen LogP contribution in [0.5, 0.6) is 23.0 Å². The number of rotatable bonds is 6. The molecule has 0 aliphatic carbocycles. The largest absolute Gasteiger partial charge is 0.506 e. The highest BCUT2D eigenvalue weighted by Crippen LogP contribution is 2.54. The van der Waals surface area contributed by atoms with Crippen LogP contribution in [0.1, 0.15) is 43.0 Å². The molecule has 3 rings (SSSR count). The molecule has 1 heterocycles. The number of benzene rings is 2. The average molecular weight is 448 g/mol. The van der Waals surface area contributed by atoms with Crippen molar-refractivity contribution in [3.8, 4) is 23.0 Å². The molecule has 0 unspecified atom stereocenters. The second-order valence-corrected chi connectivity index (χ2v) is 7.42. The summed E-state index contributed by atoms with van der Waals surface area (Å²) in [5.74, 6) is -2.13. The molecular weight excluding hydrogens is 431 g/mol. The van der Waals surface area contributed by atoms with E-state index in [4.69, 9.17) is 44.0 Å². The molecule has 150 valence electrons. The number of furan rings is 1. The summed E-state index contributed by atoms with van der Waals surface area (Å²) < 4.78 is 10.7. The van der Waals surface area contributed by atoms with Gasteiger partial charge in [-0.15, -0.1) is 0 Å². The highest BCUT2D eigenvalue weighted by atomic mass is 35.5. The average Bonchev–Trinajstić information content (AvgIpc) is 3.07. The van der Waals surface area contributed by atoms with E-state index in [0.717, 1.165) is 12.8 Å². The van der Waals surface area contributed by atoms with E-state index in [1.54, 1.807) is 0 Å². The predicted molar refractivity (Wildman–Crippen MR) is 109 cm³/mol. The van der Waals surface area contributed by atoms with Gasteiger partial charge in [0.1, 0.15) is 32.1 Å². The molecule has 0 saturated heterocycles. The van der Waals surface area contributed by atoms with Crippen LogP contribution < -0.4 is 4.74 Å². The fourth-order valence-electron chi connectivity index (χ4n) is 3.17. The number of phenolic OH excluding ortho intramolecular Hbond substituents is 3. The zero-order valence-electron chi connectivity index (χ0n) is 15.0.